The molecule has 0 fully saturated rings. The number of halogens is 1. The Balaban J connectivity index is 2.18. The molecule has 0 aliphatic carbocycles. The van der Waals surface area contributed by atoms with E-state index in [-0.39, 0.29) is 23.8 Å². The molecule has 1 atom stereocenters. The molecule has 0 bridgehead atoms. The van der Waals surface area contributed by atoms with E-state index in [0.29, 0.717) is 10.7 Å². The highest BCUT2D eigenvalue weighted by Gasteiger charge is 2.23. The summed E-state index contributed by atoms with van der Waals surface area (Å²) in [6.07, 6.45) is 0.250. The average Bonchev–Trinajstić information content (AvgIpc) is 2.80. The molecule has 20 heavy (non-hydrogen) atoms. The molecule has 4 nitrogen and oxygen atoms in total. The summed E-state index contributed by atoms with van der Waals surface area (Å²) in [5.74, 6) is -0.144. The molecule has 0 aliphatic rings. The summed E-state index contributed by atoms with van der Waals surface area (Å²) in [6, 6.07) is 3.45. The van der Waals surface area contributed by atoms with Crippen LogP contribution in [0.15, 0.2) is 17.6 Å². The van der Waals surface area contributed by atoms with E-state index < -0.39 is 0 Å². The minimum atomic E-state index is -0.212. The van der Waals surface area contributed by atoms with Crippen molar-refractivity contribution < 1.29 is 4.79 Å². The van der Waals surface area contributed by atoms with Gasteiger partial charge in [-0.2, -0.15) is 0 Å². The number of rotatable bonds is 3. The molecular formula is C14H18ClN3OS. The standard InChI is InChI=1S/C14H18ClN3OS/c1-14(2,3)10(16)6-11(19)18-12-8(15)4-5-9-13(12)17-7-20-9/h4-5,7,10H,6,16H2,1-3H3,(H,18,19). The van der Waals surface area contributed by atoms with Gasteiger partial charge < -0.3 is 11.1 Å². The first-order valence-corrected chi connectivity index (χ1v) is 7.62. The van der Waals surface area contributed by atoms with Gasteiger partial charge in [-0.1, -0.05) is 32.4 Å². The van der Waals surface area contributed by atoms with Crippen LogP contribution in [0.2, 0.25) is 5.02 Å². The summed E-state index contributed by atoms with van der Waals surface area (Å²) >= 11 is 7.66. The molecule has 1 amide bonds. The van der Waals surface area contributed by atoms with Crippen LogP contribution in [0.4, 0.5) is 5.69 Å². The second kappa shape index (κ2) is 5.68. The zero-order chi connectivity index (χ0) is 14.9. The molecule has 2 rings (SSSR count). The molecule has 1 unspecified atom stereocenters. The van der Waals surface area contributed by atoms with E-state index in [9.17, 15) is 4.79 Å². The van der Waals surface area contributed by atoms with Gasteiger partial charge in [-0.15, -0.1) is 11.3 Å². The third kappa shape index (κ3) is 3.29. The maximum Gasteiger partial charge on any atom is 0.226 e. The van der Waals surface area contributed by atoms with Crippen molar-refractivity contribution in [2.24, 2.45) is 11.1 Å². The molecule has 0 spiro atoms. The monoisotopic (exact) mass is 311 g/mol. The summed E-state index contributed by atoms with van der Waals surface area (Å²) in [4.78, 5) is 16.4. The van der Waals surface area contributed by atoms with Crippen LogP contribution in [-0.4, -0.2) is 16.9 Å². The molecule has 6 heteroatoms. The van der Waals surface area contributed by atoms with Crippen LogP contribution in [-0.2, 0) is 4.79 Å². The van der Waals surface area contributed by atoms with Crippen molar-refractivity contribution in [2.45, 2.75) is 33.2 Å². The smallest absolute Gasteiger partial charge is 0.226 e. The first kappa shape index (κ1) is 15.2. The van der Waals surface area contributed by atoms with Crippen LogP contribution >= 0.6 is 22.9 Å². The Hall–Kier alpha value is -1.17. The maximum absolute atomic E-state index is 12.1. The van der Waals surface area contributed by atoms with Crippen molar-refractivity contribution in [1.29, 1.82) is 0 Å². The van der Waals surface area contributed by atoms with Crippen LogP contribution in [0.5, 0.6) is 0 Å². The van der Waals surface area contributed by atoms with Crippen molar-refractivity contribution in [3.63, 3.8) is 0 Å². The Morgan fingerprint density at radius 2 is 2.20 bits per heavy atom. The lowest BCUT2D eigenvalue weighted by molar-refractivity contribution is -0.117. The van der Waals surface area contributed by atoms with E-state index in [1.54, 1.807) is 11.6 Å². The second-order valence-electron chi connectivity index (χ2n) is 5.85. The van der Waals surface area contributed by atoms with E-state index in [4.69, 9.17) is 17.3 Å². The number of benzene rings is 1. The maximum atomic E-state index is 12.1. The number of aromatic nitrogens is 1. The van der Waals surface area contributed by atoms with E-state index in [2.05, 4.69) is 10.3 Å². The Bertz CT molecular complexity index is 633. The largest absolute Gasteiger partial charge is 0.327 e. The number of nitrogens with zero attached hydrogens (tertiary/aromatic N) is 1. The summed E-state index contributed by atoms with van der Waals surface area (Å²) < 4.78 is 0.991. The summed E-state index contributed by atoms with van der Waals surface area (Å²) in [6.45, 7) is 6.04. The predicted octanol–water partition coefficient (Wildman–Crippen LogP) is 3.65. The van der Waals surface area contributed by atoms with Gasteiger partial charge in [0.05, 0.1) is 20.9 Å². The van der Waals surface area contributed by atoms with Crippen LogP contribution in [0.25, 0.3) is 10.2 Å². The number of nitrogens with one attached hydrogen (secondary N) is 1. The number of hydrogen-bond acceptors (Lipinski definition) is 4. The van der Waals surface area contributed by atoms with Gasteiger partial charge in [-0.05, 0) is 17.5 Å². The number of carbonyl (C=O) groups is 1. The zero-order valence-electron chi connectivity index (χ0n) is 11.7. The molecule has 1 heterocycles. The number of anilines is 1. The molecular weight excluding hydrogens is 294 g/mol. The highest BCUT2D eigenvalue weighted by Crippen LogP contribution is 2.32. The minimum Gasteiger partial charge on any atom is -0.327 e. The Morgan fingerprint density at radius 3 is 2.85 bits per heavy atom. The fourth-order valence-corrected chi connectivity index (χ4v) is 2.61. The Labute approximate surface area is 127 Å². The molecule has 3 N–H and O–H groups in total. The van der Waals surface area contributed by atoms with Crippen LogP contribution in [0.3, 0.4) is 0 Å². The van der Waals surface area contributed by atoms with Crippen LogP contribution in [0, 0.1) is 5.41 Å². The minimum absolute atomic E-state index is 0.117. The average molecular weight is 312 g/mol. The molecule has 1 aromatic heterocycles. The van der Waals surface area contributed by atoms with Gasteiger partial charge in [0.25, 0.3) is 0 Å². The summed E-state index contributed by atoms with van der Waals surface area (Å²) in [7, 11) is 0. The van der Waals surface area contributed by atoms with Gasteiger partial charge in [0.1, 0.15) is 5.52 Å². The quantitative estimate of drug-likeness (QED) is 0.909. The van der Waals surface area contributed by atoms with Crippen molar-refractivity contribution in [3.05, 3.63) is 22.7 Å². The normalized spacial score (nSPS) is 13.4. The molecule has 108 valence electrons. The van der Waals surface area contributed by atoms with Gasteiger partial charge >= 0.3 is 0 Å². The lowest BCUT2D eigenvalue weighted by Crippen LogP contribution is -2.38. The fraction of sp³-hybridized carbons (Fsp3) is 0.429. The van der Waals surface area contributed by atoms with E-state index in [1.807, 2.05) is 26.8 Å². The molecule has 0 saturated heterocycles. The third-order valence-electron chi connectivity index (χ3n) is 3.23. The zero-order valence-corrected chi connectivity index (χ0v) is 13.3. The van der Waals surface area contributed by atoms with Crippen LogP contribution in [0.1, 0.15) is 27.2 Å². The second-order valence-corrected chi connectivity index (χ2v) is 7.14. The molecule has 0 radical (unpaired) electrons. The molecule has 0 aliphatic heterocycles. The highest BCUT2D eigenvalue weighted by atomic mass is 35.5. The highest BCUT2D eigenvalue weighted by molar-refractivity contribution is 7.16. The third-order valence-corrected chi connectivity index (χ3v) is 4.34. The van der Waals surface area contributed by atoms with Gasteiger partial charge in [0.15, 0.2) is 0 Å². The fourth-order valence-electron chi connectivity index (χ4n) is 1.72. The van der Waals surface area contributed by atoms with Crippen molar-refractivity contribution in [1.82, 2.24) is 4.98 Å². The molecule has 1 aromatic carbocycles. The van der Waals surface area contributed by atoms with E-state index in [0.717, 1.165) is 10.2 Å². The number of amides is 1. The number of thiazole rings is 1. The molecule has 2 aromatic rings. The van der Waals surface area contributed by atoms with Gasteiger partial charge in [0, 0.05) is 12.5 Å². The van der Waals surface area contributed by atoms with Crippen LogP contribution < -0.4 is 11.1 Å². The Kier molecular flexibility index (Phi) is 4.32. The summed E-state index contributed by atoms with van der Waals surface area (Å²) in [5, 5.41) is 3.32. The lowest BCUT2D eigenvalue weighted by atomic mass is 9.85. The Morgan fingerprint density at radius 1 is 1.50 bits per heavy atom. The number of nitrogens with two attached hydrogens (primary N) is 1. The number of hydrogen-bond donors (Lipinski definition) is 2. The van der Waals surface area contributed by atoms with Crippen molar-refractivity contribution in [3.8, 4) is 0 Å². The van der Waals surface area contributed by atoms with Crippen molar-refractivity contribution in [2.75, 3.05) is 5.32 Å². The lowest BCUT2D eigenvalue weighted by Gasteiger charge is -2.26. The first-order chi connectivity index (χ1) is 9.29. The predicted molar refractivity (Wildman–Crippen MR) is 85.3 cm³/mol. The topological polar surface area (TPSA) is 68.0 Å². The number of fused-ring (bicyclic) bond motifs is 1. The first-order valence-electron chi connectivity index (χ1n) is 6.36. The van der Waals surface area contributed by atoms with Gasteiger partial charge in [0.2, 0.25) is 5.91 Å². The van der Waals surface area contributed by atoms with Gasteiger partial charge in [-0.3, -0.25) is 4.79 Å². The van der Waals surface area contributed by atoms with Gasteiger partial charge in [-0.25, -0.2) is 4.98 Å². The van der Waals surface area contributed by atoms with E-state index >= 15 is 0 Å². The molecule has 0 saturated carbocycles. The van der Waals surface area contributed by atoms with E-state index in [1.165, 1.54) is 11.3 Å². The SMILES string of the molecule is CC(C)(C)C(N)CC(=O)Nc1c(Cl)ccc2scnc12. The summed E-state index contributed by atoms with van der Waals surface area (Å²) in [5.41, 5.74) is 8.93. The number of carbonyl (C=O) groups excluding carboxylic acids is 1. The van der Waals surface area contributed by atoms with Crippen molar-refractivity contribution >= 4 is 44.7 Å².